The molecule has 0 aliphatic rings. The highest BCUT2D eigenvalue weighted by Gasteiger charge is 2.33. The lowest BCUT2D eigenvalue weighted by atomic mass is 10.3. The number of hydrogen-bond acceptors (Lipinski definition) is 4. The van der Waals surface area contributed by atoms with E-state index in [0.717, 1.165) is 17.4 Å². The van der Waals surface area contributed by atoms with Crippen molar-refractivity contribution in [2.75, 3.05) is 5.32 Å². The van der Waals surface area contributed by atoms with E-state index >= 15 is 0 Å². The summed E-state index contributed by atoms with van der Waals surface area (Å²) in [5.41, 5.74) is -1.06. The summed E-state index contributed by atoms with van der Waals surface area (Å²) in [6, 6.07) is 4.78. The summed E-state index contributed by atoms with van der Waals surface area (Å²) in [4.78, 5) is 9.15. The van der Waals surface area contributed by atoms with E-state index in [-0.39, 0.29) is 5.82 Å². The molecule has 2 aromatic heterocycles. The first-order valence-electron chi connectivity index (χ1n) is 5.81. The number of halogens is 4. The SMILES string of the molecule is CCc1ccc(CNc2cc(C(F)(F)F)nc(Cl)n2)s1. The molecule has 0 atom stereocenters. The molecule has 2 aromatic rings. The molecule has 0 aromatic carbocycles. The van der Waals surface area contributed by atoms with Crippen molar-refractivity contribution < 1.29 is 13.2 Å². The molecule has 0 fully saturated rings. The number of aromatic nitrogens is 2. The molecule has 2 rings (SSSR count). The topological polar surface area (TPSA) is 37.8 Å². The zero-order chi connectivity index (χ0) is 14.8. The van der Waals surface area contributed by atoms with Gasteiger partial charge in [-0.25, -0.2) is 9.97 Å². The third kappa shape index (κ3) is 3.83. The molecule has 0 saturated heterocycles. The Balaban J connectivity index is 2.11. The largest absolute Gasteiger partial charge is 0.433 e. The van der Waals surface area contributed by atoms with Gasteiger partial charge < -0.3 is 5.32 Å². The molecular weight excluding hydrogens is 311 g/mol. The molecular formula is C12H11ClF3N3S. The number of nitrogens with one attached hydrogen (secondary N) is 1. The molecule has 0 spiro atoms. The number of aryl methyl sites for hydroxylation is 1. The van der Waals surface area contributed by atoms with E-state index < -0.39 is 17.2 Å². The molecule has 0 aliphatic heterocycles. The van der Waals surface area contributed by atoms with E-state index in [9.17, 15) is 13.2 Å². The van der Waals surface area contributed by atoms with Crippen molar-refractivity contribution >= 4 is 28.8 Å². The number of hydrogen-bond donors (Lipinski definition) is 1. The lowest BCUT2D eigenvalue weighted by Gasteiger charge is -2.09. The predicted molar refractivity (Wildman–Crippen MR) is 73.1 cm³/mol. The fourth-order valence-corrected chi connectivity index (χ4v) is 2.62. The molecule has 0 unspecified atom stereocenters. The average molecular weight is 322 g/mol. The molecule has 1 N–H and O–H groups in total. The standard InChI is InChI=1S/C12H11ClF3N3S/c1-2-7-3-4-8(20-7)6-17-10-5-9(12(14,15)16)18-11(13)19-10/h3-5H,2,6H2,1H3,(H,17,18,19). The van der Waals surface area contributed by atoms with Gasteiger partial charge in [-0.3, -0.25) is 0 Å². The average Bonchev–Trinajstić information content (AvgIpc) is 2.82. The second-order valence-electron chi connectivity index (χ2n) is 3.98. The van der Waals surface area contributed by atoms with Gasteiger partial charge in [0.15, 0.2) is 5.69 Å². The first-order chi connectivity index (χ1) is 9.38. The molecule has 0 aliphatic carbocycles. The van der Waals surface area contributed by atoms with Crippen molar-refractivity contribution in [3.8, 4) is 0 Å². The zero-order valence-electron chi connectivity index (χ0n) is 10.5. The fourth-order valence-electron chi connectivity index (χ4n) is 1.54. The third-order valence-corrected chi connectivity index (χ3v) is 3.90. The quantitative estimate of drug-likeness (QED) is 0.849. The molecule has 108 valence electrons. The van der Waals surface area contributed by atoms with E-state index in [1.807, 2.05) is 19.1 Å². The van der Waals surface area contributed by atoms with Gasteiger partial charge in [-0.15, -0.1) is 11.3 Å². The Morgan fingerprint density at radius 1 is 1.25 bits per heavy atom. The van der Waals surface area contributed by atoms with Gasteiger partial charge in [0.2, 0.25) is 5.28 Å². The number of thiophene rings is 1. The Morgan fingerprint density at radius 3 is 2.55 bits per heavy atom. The zero-order valence-corrected chi connectivity index (χ0v) is 12.0. The van der Waals surface area contributed by atoms with E-state index in [2.05, 4.69) is 15.3 Å². The Hall–Kier alpha value is -1.34. The van der Waals surface area contributed by atoms with Crippen LogP contribution in [0.3, 0.4) is 0 Å². The van der Waals surface area contributed by atoms with Crippen molar-refractivity contribution in [2.24, 2.45) is 0 Å². The highest BCUT2D eigenvalue weighted by molar-refractivity contribution is 7.12. The van der Waals surface area contributed by atoms with Crippen LogP contribution in [0.2, 0.25) is 5.28 Å². The van der Waals surface area contributed by atoms with Crippen LogP contribution in [0.5, 0.6) is 0 Å². The van der Waals surface area contributed by atoms with Gasteiger partial charge in [0.25, 0.3) is 0 Å². The number of rotatable bonds is 4. The molecule has 2 heterocycles. The normalized spacial score (nSPS) is 11.7. The van der Waals surface area contributed by atoms with Crippen molar-refractivity contribution in [1.82, 2.24) is 9.97 Å². The summed E-state index contributed by atoms with van der Waals surface area (Å²) in [6.07, 6.45) is -3.61. The van der Waals surface area contributed by atoms with Gasteiger partial charge in [-0.1, -0.05) is 6.92 Å². The van der Waals surface area contributed by atoms with E-state index in [1.165, 1.54) is 4.88 Å². The number of alkyl halides is 3. The summed E-state index contributed by atoms with van der Waals surface area (Å²) in [5, 5.41) is 2.40. The molecule has 0 radical (unpaired) electrons. The lowest BCUT2D eigenvalue weighted by Crippen LogP contribution is -2.11. The molecule has 0 bridgehead atoms. The van der Waals surface area contributed by atoms with Crippen LogP contribution in [0.4, 0.5) is 19.0 Å². The first-order valence-corrected chi connectivity index (χ1v) is 7.01. The lowest BCUT2D eigenvalue weighted by molar-refractivity contribution is -0.141. The van der Waals surface area contributed by atoms with Crippen LogP contribution >= 0.6 is 22.9 Å². The summed E-state index contributed by atoms with van der Waals surface area (Å²) in [6.45, 7) is 2.44. The maximum Gasteiger partial charge on any atom is 0.433 e. The molecule has 3 nitrogen and oxygen atoms in total. The highest BCUT2D eigenvalue weighted by Crippen LogP contribution is 2.29. The minimum absolute atomic E-state index is 0.0590. The molecule has 0 amide bonds. The number of anilines is 1. The van der Waals surface area contributed by atoms with Crippen LogP contribution < -0.4 is 5.32 Å². The minimum atomic E-state index is -4.54. The van der Waals surface area contributed by atoms with Gasteiger partial charge >= 0.3 is 6.18 Å². The van der Waals surface area contributed by atoms with Crippen LogP contribution in [0.15, 0.2) is 18.2 Å². The second-order valence-corrected chi connectivity index (χ2v) is 5.57. The van der Waals surface area contributed by atoms with Gasteiger partial charge in [-0.2, -0.15) is 13.2 Å². The van der Waals surface area contributed by atoms with Crippen molar-refractivity contribution in [1.29, 1.82) is 0 Å². The summed E-state index contributed by atoms with van der Waals surface area (Å²) < 4.78 is 37.8. The van der Waals surface area contributed by atoms with Crippen molar-refractivity contribution in [3.05, 3.63) is 38.9 Å². The highest BCUT2D eigenvalue weighted by atomic mass is 35.5. The maximum atomic E-state index is 12.6. The smallest absolute Gasteiger partial charge is 0.365 e. The Morgan fingerprint density at radius 2 is 1.95 bits per heavy atom. The van der Waals surface area contributed by atoms with Crippen molar-refractivity contribution in [3.63, 3.8) is 0 Å². The fraction of sp³-hybridized carbons (Fsp3) is 0.333. The first kappa shape index (κ1) is 15.1. The van der Waals surface area contributed by atoms with Crippen LogP contribution in [0.1, 0.15) is 22.4 Å². The van der Waals surface area contributed by atoms with Gasteiger partial charge in [0.05, 0.1) is 6.54 Å². The van der Waals surface area contributed by atoms with Gasteiger partial charge in [-0.05, 0) is 30.2 Å². The maximum absolute atomic E-state index is 12.6. The Labute approximate surface area is 122 Å². The van der Waals surface area contributed by atoms with E-state index in [0.29, 0.717) is 6.54 Å². The summed E-state index contributed by atoms with van der Waals surface area (Å²) >= 11 is 7.11. The van der Waals surface area contributed by atoms with Crippen LogP contribution in [-0.4, -0.2) is 9.97 Å². The summed E-state index contributed by atoms with van der Waals surface area (Å²) in [5.74, 6) is 0.0590. The molecule has 20 heavy (non-hydrogen) atoms. The Bertz CT molecular complexity index is 598. The van der Waals surface area contributed by atoms with Crippen LogP contribution in [0.25, 0.3) is 0 Å². The summed E-state index contributed by atoms with van der Waals surface area (Å²) in [7, 11) is 0. The minimum Gasteiger partial charge on any atom is -0.365 e. The Kier molecular flexibility index (Phi) is 4.49. The molecule has 0 saturated carbocycles. The van der Waals surface area contributed by atoms with Gasteiger partial charge in [0.1, 0.15) is 5.82 Å². The molecule has 8 heteroatoms. The van der Waals surface area contributed by atoms with Crippen LogP contribution in [-0.2, 0) is 19.1 Å². The van der Waals surface area contributed by atoms with E-state index in [4.69, 9.17) is 11.6 Å². The number of nitrogens with zero attached hydrogens (tertiary/aromatic N) is 2. The van der Waals surface area contributed by atoms with E-state index in [1.54, 1.807) is 11.3 Å². The van der Waals surface area contributed by atoms with Crippen LogP contribution in [0, 0.1) is 0 Å². The monoisotopic (exact) mass is 321 g/mol. The predicted octanol–water partition coefficient (Wildman–Crippen LogP) is 4.38. The third-order valence-electron chi connectivity index (χ3n) is 2.50. The second kappa shape index (κ2) is 5.97. The van der Waals surface area contributed by atoms with Crippen molar-refractivity contribution in [2.45, 2.75) is 26.1 Å². The van der Waals surface area contributed by atoms with Gasteiger partial charge in [0, 0.05) is 15.8 Å².